The molecule has 0 unspecified atom stereocenters. The van der Waals surface area contributed by atoms with E-state index in [-0.39, 0.29) is 18.1 Å². The molecule has 0 aromatic carbocycles. The van der Waals surface area contributed by atoms with Crippen molar-refractivity contribution in [1.82, 2.24) is 4.98 Å². The maximum Gasteiger partial charge on any atom is 0.289 e. The third-order valence-corrected chi connectivity index (χ3v) is 0.956. The summed E-state index contributed by atoms with van der Waals surface area (Å²) in [5, 5.41) is 10.1. The molecule has 0 bridgehead atoms. The predicted octanol–water partition coefficient (Wildman–Crippen LogP) is 0.994. The molecular formula is C5H6ClN3O2. The second kappa shape index (κ2) is 3.72. The van der Waals surface area contributed by atoms with Crippen molar-refractivity contribution in [2.75, 3.05) is 5.73 Å². The van der Waals surface area contributed by atoms with Gasteiger partial charge in [-0.15, -0.1) is 12.4 Å². The van der Waals surface area contributed by atoms with Gasteiger partial charge in [0.1, 0.15) is 6.20 Å². The van der Waals surface area contributed by atoms with E-state index in [9.17, 15) is 10.1 Å². The molecular weight excluding hydrogens is 170 g/mol. The van der Waals surface area contributed by atoms with Gasteiger partial charge in [0.05, 0.1) is 16.8 Å². The van der Waals surface area contributed by atoms with E-state index >= 15 is 0 Å². The largest absolute Gasteiger partial charge is 0.397 e. The molecule has 1 heterocycles. The number of nitrogens with two attached hydrogens (primary N) is 1. The highest BCUT2D eigenvalue weighted by Gasteiger charge is 2.03. The van der Waals surface area contributed by atoms with E-state index in [0.717, 1.165) is 6.20 Å². The van der Waals surface area contributed by atoms with E-state index in [1.165, 1.54) is 12.3 Å². The quantitative estimate of drug-likeness (QED) is 0.510. The lowest BCUT2D eigenvalue weighted by Crippen LogP contribution is -1.91. The molecule has 0 aliphatic carbocycles. The van der Waals surface area contributed by atoms with Gasteiger partial charge < -0.3 is 5.73 Å². The Bertz CT molecular complexity index is 266. The summed E-state index contributed by atoms with van der Waals surface area (Å²) in [5.74, 6) is 0. The Hall–Kier alpha value is -1.36. The fourth-order valence-corrected chi connectivity index (χ4v) is 0.545. The standard InChI is InChI=1S/C5H5N3O2.ClH/c6-4-1-5(8(9)10)3-7-2-4;/h1-3H,6H2;1H. The van der Waals surface area contributed by atoms with Crippen molar-refractivity contribution in [2.45, 2.75) is 0 Å². The molecule has 1 rings (SSSR count). The summed E-state index contributed by atoms with van der Waals surface area (Å²) in [6, 6.07) is 1.26. The van der Waals surface area contributed by atoms with Crippen molar-refractivity contribution in [1.29, 1.82) is 0 Å². The first-order valence-corrected chi connectivity index (χ1v) is 2.55. The Balaban J connectivity index is 0.000001000. The number of nitrogen functional groups attached to an aromatic ring is 1. The van der Waals surface area contributed by atoms with Gasteiger partial charge in [-0.1, -0.05) is 0 Å². The van der Waals surface area contributed by atoms with Gasteiger partial charge in [-0.25, -0.2) is 0 Å². The van der Waals surface area contributed by atoms with Crippen molar-refractivity contribution in [3.05, 3.63) is 28.6 Å². The topological polar surface area (TPSA) is 82.0 Å². The minimum atomic E-state index is -0.538. The highest BCUT2D eigenvalue weighted by Crippen LogP contribution is 2.10. The molecule has 2 N–H and O–H groups in total. The maximum atomic E-state index is 10.1. The average molecular weight is 176 g/mol. The minimum absolute atomic E-state index is 0. The highest BCUT2D eigenvalue weighted by atomic mass is 35.5. The zero-order valence-corrected chi connectivity index (χ0v) is 6.25. The van der Waals surface area contributed by atoms with Gasteiger partial charge in [0.2, 0.25) is 0 Å². The second-order valence-corrected chi connectivity index (χ2v) is 1.73. The first-order chi connectivity index (χ1) is 4.70. The van der Waals surface area contributed by atoms with Gasteiger partial charge in [0.15, 0.2) is 0 Å². The monoisotopic (exact) mass is 175 g/mol. The number of nitro groups is 1. The van der Waals surface area contributed by atoms with Crippen LogP contribution >= 0.6 is 12.4 Å². The molecule has 0 atom stereocenters. The number of aromatic nitrogens is 1. The number of hydrogen-bond acceptors (Lipinski definition) is 4. The van der Waals surface area contributed by atoms with Gasteiger partial charge >= 0.3 is 0 Å². The maximum absolute atomic E-state index is 10.1. The number of nitrogens with zero attached hydrogens (tertiary/aromatic N) is 2. The summed E-state index contributed by atoms with van der Waals surface area (Å²) in [4.78, 5) is 13.1. The van der Waals surface area contributed by atoms with Gasteiger partial charge in [-0.05, 0) is 0 Å². The highest BCUT2D eigenvalue weighted by molar-refractivity contribution is 5.85. The van der Waals surface area contributed by atoms with Crippen molar-refractivity contribution in [3.8, 4) is 0 Å². The van der Waals surface area contributed by atoms with Crippen LogP contribution in [0.2, 0.25) is 0 Å². The lowest BCUT2D eigenvalue weighted by atomic mass is 10.4. The molecule has 0 aliphatic rings. The zero-order chi connectivity index (χ0) is 7.56. The van der Waals surface area contributed by atoms with E-state index in [4.69, 9.17) is 5.73 Å². The Labute approximate surface area is 68.8 Å². The summed E-state index contributed by atoms with van der Waals surface area (Å²) in [7, 11) is 0. The molecule has 5 nitrogen and oxygen atoms in total. The molecule has 0 radical (unpaired) electrons. The lowest BCUT2D eigenvalue weighted by molar-refractivity contribution is -0.385. The molecule has 11 heavy (non-hydrogen) atoms. The van der Waals surface area contributed by atoms with Crippen LogP contribution in [-0.2, 0) is 0 Å². The van der Waals surface area contributed by atoms with Crippen molar-refractivity contribution < 1.29 is 4.92 Å². The summed E-state index contributed by atoms with van der Waals surface area (Å²) in [6.45, 7) is 0. The average Bonchev–Trinajstić information content (AvgIpc) is 1.88. The van der Waals surface area contributed by atoms with Gasteiger partial charge in [-0.3, -0.25) is 15.1 Å². The zero-order valence-electron chi connectivity index (χ0n) is 5.43. The molecule has 0 amide bonds. The van der Waals surface area contributed by atoms with Crippen LogP contribution in [0.4, 0.5) is 11.4 Å². The first-order valence-electron chi connectivity index (χ1n) is 2.55. The van der Waals surface area contributed by atoms with Gasteiger partial charge in [0, 0.05) is 6.07 Å². The number of pyridine rings is 1. The molecule has 1 aromatic heterocycles. The van der Waals surface area contributed by atoms with Crippen molar-refractivity contribution in [3.63, 3.8) is 0 Å². The van der Waals surface area contributed by atoms with Crippen LogP contribution in [0.25, 0.3) is 0 Å². The number of hydrogen-bond donors (Lipinski definition) is 1. The fourth-order valence-electron chi connectivity index (χ4n) is 0.545. The molecule has 0 saturated carbocycles. The predicted molar refractivity (Wildman–Crippen MR) is 42.6 cm³/mol. The minimum Gasteiger partial charge on any atom is -0.397 e. The van der Waals surface area contributed by atoms with Crippen LogP contribution in [0.5, 0.6) is 0 Å². The normalized spacial score (nSPS) is 8.36. The van der Waals surface area contributed by atoms with Crippen LogP contribution in [0.15, 0.2) is 18.5 Å². The van der Waals surface area contributed by atoms with E-state index < -0.39 is 4.92 Å². The van der Waals surface area contributed by atoms with Gasteiger partial charge in [-0.2, -0.15) is 0 Å². The Kier molecular flexibility index (Phi) is 3.26. The van der Waals surface area contributed by atoms with E-state index in [2.05, 4.69) is 4.98 Å². The van der Waals surface area contributed by atoms with Crippen molar-refractivity contribution in [2.24, 2.45) is 0 Å². The number of halogens is 1. The van der Waals surface area contributed by atoms with Crippen molar-refractivity contribution >= 4 is 23.8 Å². The Morgan fingerprint density at radius 2 is 2.18 bits per heavy atom. The summed E-state index contributed by atoms with van der Waals surface area (Å²) in [6.07, 6.45) is 2.50. The van der Waals surface area contributed by atoms with Crippen LogP contribution in [0.3, 0.4) is 0 Å². The molecule has 1 aromatic rings. The number of anilines is 1. The Morgan fingerprint density at radius 1 is 1.55 bits per heavy atom. The first kappa shape index (κ1) is 9.64. The van der Waals surface area contributed by atoms with Crippen LogP contribution in [0, 0.1) is 10.1 Å². The van der Waals surface area contributed by atoms with Crippen LogP contribution < -0.4 is 5.73 Å². The van der Waals surface area contributed by atoms with Crippen LogP contribution in [0.1, 0.15) is 0 Å². The molecule has 0 aliphatic heterocycles. The third kappa shape index (κ3) is 2.38. The fraction of sp³-hybridized carbons (Fsp3) is 0. The summed E-state index contributed by atoms with van der Waals surface area (Å²) >= 11 is 0. The van der Waals surface area contributed by atoms with Crippen LogP contribution in [-0.4, -0.2) is 9.91 Å². The Morgan fingerprint density at radius 3 is 2.55 bits per heavy atom. The molecule has 0 spiro atoms. The molecule has 6 heteroatoms. The number of rotatable bonds is 1. The summed E-state index contributed by atoms with van der Waals surface area (Å²) < 4.78 is 0. The molecule has 60 valence electrons. The van der Waals surface area contributed by atoms with E-state index in [1.54, 1.807) is 0 Å². The van der Waals surface area contributed by atoms with Gasteiger partial charge in [0.25, 0.3) is 5.69 Å². The summed E-state index contributed by atoms with van der Waals surface area (Å²) in [5.41, 5.74) is 5.45. The lowest BCUT2D eigenvalue weighted by Gasteiger charge is -1.90. The molecule has 0 fully saturated rings. The SMILES string of the molecule is Cl.Nc1cncc([N+](=O)[O-])c1. The molecule has 0 saturated heterocycles. The second-order valence-electron chi connectivity index (χ2n) is 1.73. The third-order valence-electron chi connectivity index (χ3n) is 0.956. The smallest absolute Gasteiger partial charge is 0.289 e. The van der Waals surface area contributed by atoms with E-state index in [1.807, 2.05) is 0 Å². The van der Waals surface area contributed by atoms with E-state index in [0.29, 0.717) is 5.69 Å².